The molecular formula is C18H26N4OS. The number of thioether (sulfide) groups is 1. The second-order valence-corrected chi connectivity index (χ2v) is 7.97. The lowest BCUT2D eigenvalue weighted by molar-refractivity contribution is 0.190. The molecule has 2 aromatic rings. The highest BCUT2D eigenvalue weighted by Gasteiger charge is 2.17. The highest BCUT2D eigenvalue weighted by Crippen LogP contribution is 2.32. The molecule has 1 aliphatic heterocycles. The fraction of sp³-hybridized carbons (Fsp3) is 0.611. The lowest BCUT2D eigenvalue weighted by atomic mass is 9.99. The van der Waals surface area contributed by atoms with Gasteiger partial charge in [0.2, 0.25) is 5.89 Å². The third kappa shape index (κ3) is 5.05. The molecule has 3 rings (SSSR count). The predicted molar refractivity (Wildman–Crippen MR) is 96.0 cm³/mol. The fourth-order valence-corrected chi connectivity index (χ4v) is 3.77. The highest BCUT2D eigenvalue weighted by molar-refractivity contribution is 7.99. The van der Waals surface area contributed by atoms with Crippen LogP contribution in [-0.2, 0) is 6.42 Å². The van der Waals surface area contributed by atoms with Crippen LogP contribution in [0.2, 0.25) is 0 Å². The molecule has 1 saturated heterocycles. The zero-order valence-corrected chi connectivity index (χ0v) is 15.3. The summed E-state index contributed by atoms with van der Waals surface area (Å²) in [7, 11) is 0. The molecule has 2 aromatic heterocycles. The molecule has 0 saturated carbocycles. The lowest BCUT2D eigenvalue weighted by Crippen LogP contribution is -2.33. The van der Waals surface area contributed by atoms with Crippen LogP contribution in [0.3, 0.4) is 0 Å². The molecule has 24 heavy (non-hydrogen) atoms. The average Bonchev–Trinajstić information content (AvgIpc) is 3.07. The van der Waals surface area contributed by atoms with Crippen LogP contribution < -0.4 is 0 Å². The van der Waals surface area contributed by atoms with Gasteiger partial charge >= 0.3 is 0 Å². The Balaban J connectivity index is 1.43. The standard InChI is InChI=1S/C18H26N4OS/c1-14-8-12-22(13-9-14)11-5-6-16-20-18(23-21-16)15(2)24-17-7-3-4-10-19-17/h3-4,7,10,14-15H,5-6,8-9,11-13H2,1-2H3/t15-/m1/s1. The molecule has 1 aliphatic rings. The Morgan fingerprint density at radius 1 is 1.33 bits per heavy atom. The van der Waals surface area contributed by atoms with Gasteiger partial charge in [0.15, 0.2) is 5.82 Å². The maximum absolute atomic E-state index is 5.43. The van der Waals surface area contributed by atoms with Crippen molar-refractivity contribution in [2.75, 3.05) is 19.6 Å². The molecule has 3 heterocycles. The van der Waals surface area contributed by atoms with Crippen molar-refractivity contribution in [3.8, 4) is 0 Å². The van der Waals surface area contributed by atoms with Crippen molar-refractivity contribution >= 4 is 11.8 Å². The van der Waals surface area contributed by atoms with E-state index in [0.717, 1.165) is 36.2 Å². The molecule has 6 heteroatoms. The number of hydrogen-bond donors (Lipinski definition) is 0. The first kappa shape index (κ1) is 17.4. The summed E-state index contributed by atoms with van der Waals surface area (Å²) >= 11 is 1.64. The van der Waals surface area contributed by atoms with Crippen LogP contribution in [-0.4, -0.2) is 39.7 Å². The molecule has 0 spiro atoms. The second kappa shape index (κ2) is 8.62. The third-order valence-corrected chi connectivity index (χ3v) is 5.56. The van der Waals surface area contributed by atoms with Gasteiger partial charge in [-0.3, -0.25) is 0 Å². The maximum atomic E-state index is 5.43. The van der Waals surface area contributed by atoms with Crippen LogP contribution >= 0.6 is 11.8 Å². The summed E-state index contributed by atoms with van der Waals surface area (Å²) in [4.78, 5) is 11.4. The normalized spacial score (nSPS) is 17.9. The molecule has 130 valence electrons. The molecule has 0 radical (unpaired) electrons. The quantitative estimate of drug-likeness (QED) is 0.707. The van der Waals surface area contributed by atoms with Gasteiger partial charge in [-0.05, 0) is 63.9 Å². The zero-order valence-electron chi connectivity index (χ0n) is 14.5. The number of pyridine rings is 1. The van der Waals surface area contributed by atoms with Gasteiger partial charge in [-0.15, -0.1) is 0 Å². The first-order valence-electron chi connectivity index (χ1n) is 8.83. The second-order valence-electron chi connectivity index (χ2n) is 6.60. The van der Waals surface area contributed by atoms with Gasteiger partial charge in [0.25, 0.3) is 0 Å². The van der Waals surface area contributed by atoms with Gasteiger partial charge < -0.3 is 9.42 Å². The summed E-state index contributed by atoms with van der Waals surface area (Å²) in [5, 5.41) is 5.23. The first-order valence-corrected chi connectivity index (χ1v) is 9.71. The number of hydrogen-bond acceptors (Lipinski definition) is 6. The van der Waals surface area contributed by atoms with E-state index in [9.17, 15) is 0 Å². The van der Waals surface area contributed by atoms with Crippen LogP contribution in [0, 0.1) is 5.92 Å². The summed E-state index contributed by atoms with van der Waals surface area (Å²) < 4.78 is 5.43. The summed E-state index contributed by atoms with van der Waals surface area (Å²) in [5.41, 5.74) is 0. The fourth-order valence-electron chi connectivity index (χ4n) is 2.93. The molecule has 5 nitrogen and oxygen atoms in total. The van der Waals surface area contributed by atoms with Gasteiger partial charge in [0.1, 0.15) is 0 Å². The zero-order chi connectivity index (χ0) is 16.8. The average molecular weight is 347 g/mol. The van der Waals surface area contributed by atoms with E-state index in [1.165, 1.54) is 25.9 Å². The van der Waals surface area contributed by atoms with Crippen LogP contribution in [0.1, 0.15) is 50.1 Å². The molecule has 0 unspecified atom stereocenters. The maximum Gasteiger partial charge on any atom is 0.239 e. The smallest absolute Gasteiger partial charge is 0.239 e. The Morgan fingerprint density at radius 2 is 2.17 bits per heavy atom. The molecule has 1 atom stereocenters. The molecule has 0 aliphatic carbocycles. The lowest BCUT2D eigenvalue weighted by Gasteiger charge is -2.29. The van der Waals surface area contributed by atoms with Crippen molar-refractivity contribution in [3.05, 3.63) is 36.1 Å². The van der Waals surface area contributed by atoms with E-state index in [0.29, 0.717) is 5.89 Å². The molecular weight excluding hydrogens is 320 g/mol. The van der Waals surface area contributed by atoms with Crippen LogP contribution in [0.15, 0.2) is 33.9 Å². The Labute approximate surface area is 148 Å². The predicted octanol–water partition coefficient (Wildman–Crippen LogP) is 3.98. The summed E-state index contributed by atoms with van der Waals surface area (Å²) in [5.74, 6) is 2.40. The highest BCUT2D eigenvalue weighted by atomic mass is 32.2. The van der Waals surface area contributed by atoms with Crippen LogP contribution in [0.5, 0.6) is 0 Å². The SMILES string of the molecule is CC1CCN(CCCc2noc([C@@H](C)Sc3ccccn3)n2)CC1. The minimum absolute atomic E-state index is 0.115. The molecule has 1 fully saturated rings. The monoisotopic (exact) mass is 346 g/mol. The van der Waals surface area contributed by atoms with Crippen molar-refractivity contribution in [2.24, 2.45) is 5.92 Å². The van der Waals surface area contributed by atoms with Crippen molar-refractivity contribution in [3.63, 3.8) is 0 Å². The van der Waals surface area contributed by atoms with Gasteiger partial charge in [0.05, 0.1) is 10.3 Å². The third-order valence-electron chi connectivity index (χ3n) is 4.52. The number of aryl methyl sites for hydroxylation is 1. The largest absolute Gasteiger partial charge is 0.338 e. The number of nitrogens with zero attached hydrogens (tertiary/aromatic N) is 4. The van der Waals surface area contributed by atoms with Crippen molar-refractivity contribution in [2.45, 2.75) is 49.8 Å². The van der Waals surface area contributed by atoms with E-state index >= 15 is 0 Å². The Morgan fingerprint density at radius 3 is 2.92 bits per heavy atom. The van der Waals surface area contributed by atoms with Crippen molar-refractivity contribution < 1.29 is 4.52 Å². The number of rotatable bonds is 7. The van der Waals surface area contributed by atoms with E-state index in [1.807, 2.05) is 18.2 Å². The number of likely N-dealkylation sites (tertiary alicyclic amines) is 1. The summed E-state index contributed by atoms with van der Waals surface area (Å²) in [6.07, 6.45) is 6.44. The molecule has 0 bridgehead atoms. The van der Waals surface area contributed by atoms with E-state index in [1.54, 1.807) is 18.0 Å². The van der Waals surface area contributed by atoms with Crippen LogP contribution in [0.25, 0.3) is 0 Å². The van der Waals surface area contributed by atoms with E-state index in [4.69, 9.17) is 4.52 Å². The molecule has 0 amide bonds. The Kier molecular flexibility index (Phi) is 6.26. The minimum atomic E-state index is 0.115. The van der Waals surface area contributed by atoms with E-state index in [-0.39, 0.29) is 5.25 Å². The summed E-state index contributed by atoms with van der Waals surface area (Å²) in [6, 6.07) is 5.91. The molecule has 0 aromatic carbocycles. The first-order chi connectivity index (χ1) is 11.7. The van der Waals surface area contributed by atoms with Gasteiger partial charge in [0, 0.05) is 12.6 Å². The van der Waals surface area contributed by atoms with Gasteiger partial charge in [-0.25, -0.2) is 4.98 Å². The Hall–Kier alpha value is -1.40. The summed E-state index contributed by atoms with van der Waals surface area (Å²) in [6.45, 7) is 8.02. The van der Waals surface area contributed by atoms with E-state index in [2.05, 4.69) is 33.9 Å². The van der Waals surface area contributed by atoms with Crippen molar-refractivity contribution in [1.29, 1.82) is 0 Å². The molecule has 0 N–H and O–H groups in total. The Bertz CT molecular complexity index is 610. The minimum Gasteiger partial charge on any atom is -0.338 e. The number of piperidine rings is 1. The van der Waals surface area contributed by atoms with Gasteiger partial charge in [-0.2, -0.15) is 4.98 Å². The topological polar surface area (TPSA) is 55.1 Å². The van der Waals surface area contributed by atoms with Crippen LogP contribution in [0.4, 0.5) is 0 Å². The van der Waals surface area contributed by atoms with Crippen molar-refractivity contribution in [1.82, 2.24) is 20.0 Å². The number of aromatic nitrogens is 3. The van der Waals surface area contributed by atoms with E-state index < -0.39 is 0 Å². The van der Waals surface area contributed by atoms with Gasteiger partial charge in [-0.1, -0.05) is 29.9 Å².